The maximum atomic E-state index is 5.35. The average Bonchev–Trinajstić information content (AvgIpc) is 2.95. The van der Waals surface area contributed by atoms with E-state index >= 15 is 0 Å². The lowest BCUT2D eigenvalue weighted by Gasteiger charge is -2.11. The predicted molar refractivity (Wildman–Crippen MR) is 80.6 cm³/mol. The highest BCUT2D eigenvalue weighted by Gasteiger charge is 2.13. The Morgan fingerprint density at radius 2 is 1.95 bits per heavy atom. The lowest BCUT2D eigenvalue weighted by Crippen LogP contribution is -2.27. The van der Waals surface area contributed by atoms with Gasteiger partial charge in [-0.05, 0) is 25.5 Å². The fourth-order valence-electron chi connectivity index (χ4n) is 2.25. The predicted octanol–water partition coefficient (Wildman–Crippen LogP) is 3.23. The second-order valence-corrected chi connectivity index (χ2v) is 5.04. The number of hydrogen-bond donors (Lipinski definition) is 1. The largest absolute Gasteiger partial charge is 0.339 e. The van der Waals surface area contributed by atoms with Crippen molar-refractivity contribution < 1.29 is 4.52 Å². The van der Waals surface area contributed by atoms with Gasteiger partial charge in [-0.15, -0.1) is 0 Å². The number of rotatable bonds is 7. The molecular weight excluding hydrogens is 250 g/mol. The van der Waals surface area contributed by atoms with Gasteiger partial charge in [-0.25, -0.2) is 0 Å². The van der Waals surface area contributed by atoms with Crippen LogP contribution in [-0.2, 0) is 12.8 Å². The molecule has 0 aliphatic heterocycles. The first-order valence-electron chi connectivity index (χ1n) is 7.36. The van der Waals surface area contributed by atoms with Crippen LogP contribution in [0.25, 0.3) is 11.4 Å². The van der Waals surface area contributed by atoms with Gasteiger partial charge in [0.25, 0.3) is 0 Å². The van der Waals surface area contributed by atoms with Gasteiger partial charge in [-0.2, -0.15) is 4.98 Å². The Bertz CT molecular complexity index is 519. The maximum Gasteiger partial charge on any atom is 0.228 e. The summed E-state index contributed by atoms with van der Waals surface area (Å²) in [5, 5.41) is 7.36. The highest BCUT2D eigenvalue weighted by Crippen LogP contribution is 2.17. The summed E-state index contributed by atoms with van der Waals surface area (Å²) >= 11 is 0. The van der Waals surface area contributed by atoms with Gasteiger partial charge in [0.15, 0.2) is 0 Å². The Hall–Kier alpha value is -1.68. The normalized spacial score (nSPS) is 12.6. The summed E-state index contributed by atoms with van der Waals surface area (Å²) in [5.74, 6) is 1.38. The molecule has 0 spiro atoms. The Morgan fingerprint density at radius 1 is 1.20 bits per heavy atom. The second kappa shape index (κ2) is 7.20. The van der Waals surface area contributed by atoms with E-state index in [0.29, 0.717) is 17.8 Å². The summed E-state index contributed by atoms with van der Waals surface area (Å²) in [6.07, 6.45) is 4.08. The van der Waals surface area contributed by atoms with Gasteiger partial charge in [0, 0.05) is 18.0 Å². The fourth-order valence-corrected chi connectivity index (χ4v) is 2.25. The molecule has 0 fully saturated rings. The van der Waals surface area contributed by atoms with Crippen LogP contribution in [0.15, 0.2) is 28.8 Å². The molecule has 0 aliphatic rings. The summed E-state index contributed by atoms with van der Waals surface area (Å²) in [4.78, 5) is 4.49. The number of aromatic nitrogens is 2. The van der Waals surface area contributed by atoms with Crippen LogP contribution in [0.5, 0.6) is 0 Å². The summed E-state index contributed by atoms with van der Waals surface area (Å²) in [6.45, 7) is 4.33. The number of nitrogens with zero attached hydrogens (tertiary/aromatic N) is 2. The number of benzene rings is 1. The molecule has 2 aromatic rings. The molecule has 20 heavy (non-hydrogen) atoms. The van der Waals surface area contributed by atoms with Crippen molar-refractivity contribution in [3.8, 4) is 11.4 Å². The third kappa shape index (κ3) is 3.67. The molecule has 2 rings (SSSR count). The van der Waals surface area contributed by atoms with E-state index in [1.54, 1.807) is 0 Å². The van der Waals surface area contributed by atoms with E-state index in [2.05, 4.69) is 53.6 Å². The number of nitrogens with one attached hydrogen (secondary N) is 1. The van der Waals surface area contributed by atoms with E-state index in [9.17, 15) is 0 Å². The van der Waals surface area contributed by atoms with Gasteiger partial charge >= 0.3 is 0 Å². The number of aryl methyl sites for hydroxylation is 1. The number of likely N-dealkylation sites (N-methyl/N-ethyl adjacent to an activating group) is 1. The molecule has 0 aliphatic carbocycles. The Balaban J connectivity index is 2.07. The Morgan fingerprint density at radius 3 is 2.55 bits per heavy atom. The zero-order valence-electron chi connectivity index (χ0n) is 12.5. The molecule has 0 amide bonds. The third-order valence-electron chi connectivity index (χ3n) is 3.55. The van der Waals surface area contributed by atoms with Gasteiger partial charge in [0.1, 0.15) is 0 Å². The van der Waals surface area contributed by atoms with E-state index in [4.69, 9.17) is 4.52 Å². The van der Waals surface area contributed by atoms with Crippen molar-refractivity contribution in [2.75, 3.05) is 7.05 Å². The molecule has 4 nitrogen and oxygen atoms in total. The molecule has 0 radical (unpaired) electrons. The smallest absolute Gasteiger partial charge is 0.228 e. The molecule has 1 aromatic heterocycles. The molecule has 4 heteroatoms. The summed E-state index contributed by atoms with van der Waals surface area (Å²) in [7, 11) is 1.97. The quantitative estimate of drug-likeness (QED) is 0.841. The van der Waals surface area contributed by atoms with Crippen molar-refractivity contribution >= 4 is 0 Å². The minimum absolute atomic E-state index is 0.399. The van der Waals surface area contributed by atoms with Crippen LogP contribution in [0.1, 0.15) is 38.1 Å². The highest BCUT2D eigenvalue weighted by atomic mass is 16.5. The first kappa shape index (κ1) is 14.7. The zero-order chi connectivity index (χ0) is 14.4. The minimum atomic E-state index is 0.399. The van der Waals surface area contributed by atoms with E-state index in [1.807, 2.05) is 7.05 Å². The molecule has 1 heterocycles. The first-order valence-corrected chi connectivity index (χ1v) is 7.36. The molecular formula is C16H23N3O. The lowest BCUT2D eigenvalue weighted by molar-refractivity contribution is 0.356. The van der Waals surface area contributed by atoms with E-state index in [1.165, 1.54) is 5.56 Å². The van der Waals surface area contributed by atoms with Crippen molar-refractivity contribution in [2.45, 2.75) is 45.6 Å². The topological polar surface area (TPSA) is 51.0 Å². The van der Waals surface area contributed by atoms with Crippen LogP contribution in [0.4, 0.5) is 0 Å². The van der Waals surface area contributed by atoms with Gasteiger partial charge < -0.3 is 9.84 Å². The summed E-state index contributed by atoms with van der Waals surface area (Å²) in [6, 6.07) is 8.72. The molecule has 0 bridgehead atoms. The van der Waals surface area contributed by atoms with Crippen molar-refractivity contribution in [1.82, 2.24) is 15.5 Å². The summed E-state index contributed by atoms with van der Waals surface area (Å²) in [5.41, 5.74) is 2.32. The fraction of sp³-hybridized carbons (Fsp3) is 0.500. The SMILES string of the molecule is CCCC(Cc1nc(-c2ccc(CC)cc2)no1)NC. The number of hydrogen-bond acceptors (Lipinski definition) is 4. The van der Waals surface area contributed by atoms with Gasteiger partial charge in [-0.3, -0.25) is 0 Å². The molecule has 1 N–H and O–H groups in total. The van der Waals surface area contributed by atoms with Crippen molar-refractivity contribution in [3.63, 3.8) is 0 Å². The third-order valence-corrected chi connectivity index (χ3v) is 3.55. The minimum Gasteiger partial charge on any atom is -0.339 e. The summed E-state index contributed by atoms with van der Waals surface area (Å²) < 4.78 is 5.35. The van der Waals surface area contributed by atoms with Crippen LogP contribution in [0, 0.1) is 0 Å². The van der Waals surface area contributed by atoms with Crippen molar-refractivity contribution in [3.05, 3.63) is 35.7 Å². The van der Waals surface area contributed by atoms with E-state index in [-0.39, 0.29) is 0 Å². The maximum absolute atomic E-state index is 5.35. The molecule has 1 atom stereocenters. The van der Waals surface area contributed by atoms with Crippen LogP contribution in [-0.4, -0.2) is 23.2 Å². The van der Waals surface area contributed by atoms with Crippen LogP contribution in [0.3, 0.4) is 0 Å². The van der Waals surface area contributed by atoms with Crippen LogP contribution < -0.4 is 5.32 Å². The molecule has 0 saturated heterocycles. The van der Waals surface area contributed by atoms with Crippen molar-refractivity contribution in [1.29, 1.82) is 0 Å². The Labute approximate surface area is 120 Å². The second-order valence-electron chi connectivity index (χ2n) is 5.04. The highest BCUT2D eigenvalue weighted by molar-refractivity contribution is 5.54. The standard InChI is InChI=1S/C16H23N3O/c1-4-6-14(17-3)11-15-18-16(19-20-15)13-9-7-12(5-2)8-10-13/h7-10,14,17H,4-6,11H2,1-3H3. The zero-order valence-corrected chi connectivity index (χ0v) is 12.5. The average molecular weight is 273 g/mol. The van der Waals surface area contributed by atoms with Crippen molar-refractivity contribution in [2.24, 2.45) is 0 Å². The van der Waals surface area contributed by atoms with Gasteiger partial charge in [0.05, 0.1) is 0 Å². The van der Waals surface area contributed by atoms with Crippen LogP contribution in [0.2, 0.25) is 0 Å². The molecule has 108 valence electrons. The molecule has 0 saturated carbocycles. The van der Waals surface area contributed by atoms with Gasteiger partial charge in [0.2, 0.25) is 11.7 Å². The van der Waals surface area contributed by atoms with E-state index < -0.39 is 0 Å². The van der Waals surface area contributed by atoms with Gasteiger partial charge in [-0.1, -0.05) is 49.7 Å². The molecule has 1 unspecified atom stereocenters. The Kier molecular flexibility index (Phi) is 5.30. The van der Waals surface area contributed by atoms with Crippen LogP contribution >= 0.6 is 0 Å². The van der Waals surface area contributed by atoms with E-state index in [0.717, 1.165) is 31.2 Å². The monoisotopic (exact) mass is 273 g/mol. The lowest BCUT2D eigenvalue weighted by atomic mass is 10.1. The molecule has 1 aromatic carbocycles. The first-order chi connectivity index (χ1) is 9.76.